The molecule has 0 aromatic heterocycles. The van der Waals surface area contributed by atoms with Crippen LogP contribution in [0.3, 0.4) is 0 Å². The van der Waals surface area contributed by atoms with Crippen LogP contribution in [0.2, 0.25) is 0 Å². The quantitative estimate of drug-likeness (QED) is 0.445. The molecule has 0 fully saturated rings. The fourth-order valence-corrected chi connectivity index (χ4v) is 1.83. The molecule has 0 bridgehead atoms. The number of nitro benzene ring substituents is 1. The molecule has 1 aliphatic rings. The summed E-state index contributed by atoms with van der Waals surface area (Å²) in [5.74, 6) is -2.06. The highest BCUT2D eigenvalue weighted by Crippen LogP contribution is 2.33. The van der Waals surface area contributed by atoms with Crippen LogP contribution in [0.4, 0.5) is 16.2 Å². The lowest BCUT2D eigenvalue weighted by atomic mass is 10.1. The number of ether oxygens (including phenoxy) is 1. The molecule has 1 aromatic rings. The van der Waals surface area contributed by atoms with Crippen LogP contribution in [-0.4, -0.2) is 28.3 Å². The highest BCUT2D eigenvalue weighted by molar-refractivity contribution is 6.56. The van der Waals surface area contributed by atoms with Gasteiger partial charge < -0.3 is 4.74 Å². The monoisotopic (exact) mass is 292 g/mol. The number of hydrogen-bond donors (Lipinski definition) is 0. The first kappa shape index (κ1) is 14.6. The summed E-state index contributed by atoms with van der Waals surface area (Å²) in [7, 11) is 0. The number of nitro groups is 1. The summed E-state index contributed by atoms with van der Waals surface area (Å²) < 4.78 is 5.05. The maximum absolute atomic E-state index is 12.0. The van der Waals surface area contributed by atoms with Crippen LogP contribution in [0.15, 0.2) is 18.2 Å². The molecule has 0 atom stereocenters. The number of imide groups is 1. The first-order valence-corrected chi connectivity index (χ1v) is 6.02. The Morgan fingerprint density at radius 3 is 2.43 bits per heavy atom. The molecule has 21 heavy (non-hydrogen) atoms. The molecule has 1 heterocycles. The van der Waals surface area contributed by atoms with E-state index in [4.69, 9.17) is 4.74 Å². The van der Waals surface area contributed by atoms with Crippen LogP contribution in [0, 0.1) is 10.1 Å². The highest BCUT2D eigenvalue weighted by Gasteiger charge is 2.42. The van der Waals surface area contributed by atoms with Crippen molar-refractivity contribution >= 4 is 29.2 Å². The number of Topliss-reactive ketones (excluding diaryl/α,β-unsaturated/α-hetero) is 1. The van der Waals surface area contributed by atoms with Gasteiger partial charge in [-0.15, -0.1) is 0 Å². The van der Waals surface area contributed by atoms with Gasteiger partial charge in [0, 0.05) is 12.1 Å². The van der Waals surface area contributed by atoms with Gasteiger partial charge in [0.25, 0.3) is 11.5 Å². The Kier molecular flexibility index (Phi) is 3.24. The number of non-ortho nitro benzene ring substituents is 1. The largest absolute Gasteiger partial charge is 0.443 e. The van der Waals surface area contributed by atoms with Gasteiger partial charge in [-0.3, -0.25) is 19.7 Å². The topological polar surface area (TPSA) is 107 Å². The van der Waals surface area contributed by atoms with E-state index in [0.717, 1.165) is 12.1 Å². The Hall–Kier alpha value is -2.77. The van der Waals surface area contributed by atoms with E-state index in [1.165, 1.54) is 6.07 Å². The van der Waals surface area contributed by atoms with Crippen LogP contribution in [0.5, 0.6) is 0 Å². The Balaban J connectivity index is 2.45. The lowest BCUT2D eigenvalue weighted by Gasteiger charge is -2.23. The average Bonchev–Trinajstić information content (AvgIpc) is 2.59. The maximum atomic E-state index is 12.0. The van der Waals surface area contributed by atoms with E-state index in [-0.39, 0.29) is 16.9 Å². The molecule has 8 nitrogen and oxygen atoms in total. The summed E-state index contributed by atoms with van der Waals surface area (Å²) >= 11 is 0. The second-order valence-corrected chi connectivity index (χ2v) is 5.41. The van der Waals surface area contributed by atoms with Gasteiger partial charge in [0.1, 0.15) is 5.60 Å². The van der Waals surface area contributed by atoms with Gasteiger partial charge >= 0.3 is 12.0 Å². The molecule has 8 heteroatoms. The second kappa shape index (κ2) is 4.65. The minimum Gasteiger partial charge on any atom is -0.443 e. The predicted molar refractivity (Wildman–Crippen MR) is 71.1 cm³/mol. The van der Waals surface area contributed by atoms with E-state index < -0.39 is 28.3 Å². The molecule has 110 valence electrons. The smallest absolute Gasteiger partial charge is 0.422 e. The molecule has 0 radical (unpaired) electrons. The molecule has 0 saturated carbocycles. The van der Waals surface area contributed by atoms with Gasteiger partial charge in [-0.1, -0.05) is 0 Å². The van der Waals surface area contributed by atoms with Crippen molar-refractivity contribution in [3.05, 3.63) is 33.9 Å². The Morgan fingerprint density at radius 2 is 1.90 bits per heavy atom. The van der Waals surface area contributed by atoms with Crippen molar-refractivity contribution in [2.75, 3.05) is 4.90 Å². The lowest BCUT2D eigenvalue weighted by molar-refractivity contribution is -0.384. The summed E-state index contributed by atoms with van der Waals surface area (Å²) in [6.45, 7) is 4.85. The normalized spacial score (nSPS) is 14.1. The third kappa shape index (κ3) is 2.60. The standard InChI is InChI=1S/C13H12N2O6/c1-13(2,3)21-12(18)14-9-5-4-7(15(19)20)6-8(9)10(16)11(14)17/h4-6H,1-3H3. The van der Waals surface area contributed by atoms with E-state index in [0.29, 0.717) is 4.90 Å². The molecule has 1 aromatic carbocycles. The number of carbonyl (C=O) groups excluding carboxylic acids is 3. The minimum absolute atomic E-state index is 0.00940. The van der Waals surface area contributed by atoms with E-state index in [1.807, 2.05) is 0 Å². The second-order valence-electron chi connectivity index (χ2n) is 5.41. The lowest BCUT2D eigenvalue weighted by Crippen LogP contribution is -2.40. The molecule has 0 aliphatic carbocycles. The van der Waals surface area contributed by atoms with Crippen LogP contribution in [-0.2, 0) is 9.53 Å². The fourth-order valence-electron chi connectivity index (χ4n) is 1.83. The molecule has 2 amide bonds. The third-order valence-electron chi connectivity index (χ3n) is 2.65. The highest BCUT2D eigenvalue weighted by atomic mass is 16.6. The Labute approximate surface area is 119 Å². The number of nitrogens with zero attached hydrogens (tertiary/aromatic N) is 2. The average molecular weight is 292 g/mol. The number of anilines is 1. The van der Waals surface area contributed by atoms with E-state index in [2.05, 4.69) is 0 Å². The predicted octanol–water partition coefficient (Wildman–Crippen LogP) is 2.06. The number of benzene rings is 1. The number of amides is 2. The minimum atomic E-state index is -1.08. The van der Waals surface area contributed by atoms with Crippen molar-refractivity contribution in [3.63, 3.8) is 0 Å². The van der Waals surface area contributed by atoms with E-state index >= 15 is 0 Å². The van der Waals surface area contributed by atoms with Gasteiger partial charge in [-0.25, -0.2) is 9.69 Å². The zero-order valence-electron chi connectivity index (χ0n) is 11.6. The summed E-state index contributed by atoms with van der Waals surface area (Å²) in [6.07, 6.45) is -0.992. The van der Waals surface area contributed by atoms with Crippen molar-refractivity contribution in [2.24, 2.45) is 0 Å². The van der Waals surface area contributed by atoms with Gasteiger partial charge in [0.05, 0.1) is 16.2 Å². The molecule has 2 rings (SSSR count). The molecular formula is C13H12N2O6. The van der Waals surface area contributed by atoms with Gasteiger partial charge in [-0.05, 0) is 26.8 Å². The third-order valence-corrected chi connectivity index (χ3v) is 2.65. The summed E-state index contributed by atoms with van der Waals surface area (Å²) in [6, 6.07) is 3.27. The first-order chi connectivity index (χ1) is 9.61. The number of ketones is 1. The van der Waals surface area contributed by atoms with Gasteiger partial charge in [0.2, 0.25) is 0 Å². The zero-order valence-corrected chi connectivity index (χ0v) is 11.6. The number of hydrogen-bond acceptors (Lipinski definition) is 6. The molecule has 0 saturated heterocycles. The molecular weight excluding hydrogens is 280 g/mol. The number of carbonyl (C=O) groups is 3. The maximum Gasteiger partial charge on any atom is 0.422 e. The van der Waals surface area contributed by atoms with Crippen molar-refractivity contribution < 1.29 is 24.0 Å². The molecule has 0 N–H and O–H groups in total. The number of fused-ring (bicyclic) bond motifs is 1. The van der Waals surface area contributed by atoms with Crippen molar-refractivity contribution in [2.45, 2.75) is 26.4 Å². The fraction of sp³-hybridized carbons (Fsp3) is 0.308. The van der Waals surface area contributed by atoms with Crippen LogP contribution in [0.25, 0.3) is 0 Å². The van der Waals surface area contributed by atoms with Crippen LogP contribution >= 0.6 is 0 Å². The van der Waals surface area contributed by atoms with E-state index in [9.17, 15) is 24.5 Å². The number of rotatable bonds is 1. The van der Waals surface area contributed by atoms with Crippen molar-refractivity contribution in [3.8, 4) is 0 Å². The van der Waals surface area contributed by atoms with Crippen LogP contribution in [0.1, 0.15) is 31.1 Å². The van der Waals surface area contributed by atoms with E-state index in [1.54, 1.807) is 20.8 Å². The summed E-state index contributed by atoms with van der Waals surface area (Å²) in [5.41, 5.74) is -1.37. The zero-order chi connectivity index (χ0) is 15.9. The Bertz CT molecular complexity index is 674. The van der Waals surface area contributed by atoms with Crippen molar-refractivity contribution in [1.82, 2.24) is 0 Å². The summed E-state index contributed by atoms with van der Waals surface area (Å²) in [4.78, 5) is 46.3. The molecule has 0 spiro atoms. The van der Waals surface area contributed by atoms with Crippen LogP contribution < -0.4 is 4.90 Å². The Morgan fingerprint density at radius 1 is 1.29 bits per heavy atom. The summed E-state index contributed by atoms with van der Waals surface area (Å²) in [5, 5.41) is 10.7. The first-order valence-electron chi connectivity index (χ1n) is 6.02. The van der Waals surface area contributed by atoms with Crippen molar-refractivity contribution in [1.29, 1.82) is 0 Å². The molecule has 1 aliphatic heterocycles. The van der Waals surface area contributed by atoms with Gasteiger partial charge in [-0.2, -0.15) is 0 Å². The molecule has 0 unspecified atom stereocenters. The SMILES string of the molecule is CC(C)(C)OC(=O)N1C(=O)C(=O)c2cc([N+](=O)[O-])ccc21. The van der Waals surface area contributed by atoms with Gasteiger partial charge in [0.15, 0.2) is 0 Å².